The lowest BCUT2D eigenvalue weighted by Crippen LogP contribution is -2.19. The maximum Gasteiger partial charge on any atom is 0.271 e. The van der Waals surface area contributed by atoms with E-state index in [0.29, 0.717) is 22.6 Å². The van der Waals surface area contributed by atoms with Crippen molar-refractivity contribution >= 4 is 17.8 Å². The monoisotopic (exact) mass is 383 g/mol. The molecule has 28 heavy (non-hydrogen) atoms. The van der Waals surface area contributed by atoms with Crippen LogP contribution in [0, 0.1) is 0 Å². The first-order chi connectivity index (χ1) is 13.7. The van der Waals surface area contributed by atoms with Gasteiger partial charge in [-0.15, -0.1) is 0 Å². The molecular weight excluding hydrogens is 358 g/mol. The van der Waals surface area contributed by atoms with Gasteiger partial charge < -0.3 is 19.1 Å². The molecule has 1 N–H and O–H groups in total. The number of anilines is 1. The van der Waals surface area contributed by atoms with Crippen LogP contribution in [0.5, 0.6) is 17.2 Å². The minimum Gasteiger partial charge on any atom is -0.497 e. The van der Waals surface area contributed by atoms with E-state index in [1.165, 1.54) is 12.8 Å². The topological polar surface area (TPSA) is 72.4 Å². The van der Waals surface area contributed by atoms with Gasteiger partial charge >= 0.3 is 0 Å². The molecule has 2 aromatic rings. The SMILES string of the molecule is COc1cccc(C(=O)N/N=C\c2cc(OC)c(N3CCCC3)cc2OC)c1. The van der Waals surface area contributed by atoms with Crippen LogP contribution in [-0.4, -0.2) is 46.5 Å². The lowest BCUT2D eigenvalue weighted by molar-refractivity contribution is 0.0955. The van der Waals surface area contributed by atoms with Crippen molar-refractivity contribution in [3.8, 4) is 17.2 Å². The van der Waals surface area contributed by atoms with Crippen LogP contribution in [-0.2, 0) is 0 Å². The summed E-state index contributed by atoms with van der Waals surface area (Å²) in [6, 6.07) is 10.7. The van der Waals surface area contributed by atoms with Crippen molar-refractivity contribution in [2.24, 2.45) is 5.10 Å². The first-order valence-corrected chi connectivity index (χ1v) is 9.14. The number of ether oxygens (including phenoxy) is 3. The van der Waals surface area contributed by atoms with Gasteiger partial charge in [0.15, 0.2) is 0 Å². The van der Waals surface area contributed by atoms with Crippen molar-refractivity contribution in [2.75, 3.05) is 39.3 Å². The Balaban J connectivity index is 1.77. The third kappa shape index (κ3) is 4.36. The fourth-order valence-corrected chi connectivity index (χ4v) is 3.20. The summed E-state index contributed by atoms with van der Waals surface area (Å²) in [6.45, 7) is 2.01. The fraction of sp³-hybridized carbons (Fsp3) is 0.333. The van der Waals surface area contributed by atoms with E-state index in [4.69, 9.17) is 14.2 Å². The van der Waals surface area contributed by atoms with Gasteiger partial charge in [-0.05, 0) is 37.1 Å². The molecule has 0 bridgehead atoms. The zero-order chi connectivity index (χ0) is 19.9. The number of methoxy groups -OCH3 is 3. The molecule has 3 rings (SSSR count). The third-order valence-corrected chi connectivity index (χ3v) is 4.68. The Morgan fingerprint density at radius 1 is 1.04 bits per heavy atom. The molecular formula is C21H25N3O4. The van der Waals surface area contributed by atoms with Gasteiger partial charge in [0.05, 0.1) is 33.2 Å². The summed E-state index contributed by atoms with van der Waals surface area (Å²) in [4.78, 5) is 14.6. The van der Waals surface area contributed by atoms with Gasteiger partial charge in [-0.2, -0.15) is 5.10 Å². The van der Waals surface area contributed by atoms with Crippen LogP contribution in [0.25, 0.3) is 0 Å². The van der Waals surface area contributed by atoms with Crippen molar-refractivity contribution in [3.05, 3.63) is 47.5 Å². The van der Waals surface area contributed by atoms with Gasteiger partial charge in [-0.25, -0.2) is 5.43 Å². The van der Waals surface area contributed by atoms with Gasteiger partial charge in [0.25, 0.3) is 5.91 Å². The Morgan fingerprint density at radius 3 is 2.46 bits per heavy atom. The molecule has 1 aliphatic heterocycles. The molecule has 0 aliphatic carbocycles. The van der Waals surface area contributed by atoms with Crippen LogP contribution < -0.4 is 24.5 Å². The molecule has 0 radical (unpaired) electrons. The molecule has 148 valence electrons. The summed E-state index contributed by atoms with van der Waals surface area (Å²) in [7, 11) is 4.81. The zero-order valence-electron chi connectivity index (χ0n) is 16.4. The van der Waals surface area contributed by atoms with Gasteiger partial charge in [-0.1, -0.05) is 6.07 Å². The summed E-state index contributed by atoms with van der Waals surface area (Å²) in [5.41, 5.74) is 4.71. The number of hydrazone groups is 1. The second-order valence-corrected chi connectivity index (χ2v) is 6.39. The largest absolute Gasteiger partial charge is 0.497 e. The van der Waals surface area contributed by atoms with Crippen molar-refractivity contribution in [3.63, 3.8) is 0 Å². The predicted molar refractivity (Wildman–Crippen MR) is 109 cm³/mol. The highest BCUT2D eigenvalue weighted by atomic mass is 16.5. The summed E-state index contributed by atoms with van der Waals surface area (Å²) >= 11 is 0. The fourth-order valence-electron chi connectivity index (χ4n) is 3.20. The normalized spacial score (nSPS) is 13.6. The van der Waals surface area contributed by atoms with Crippen LogP contribution in [0.15, 0.2) is 41.5 Å². The number of amides is 1. The number of benzene rings is 2. The average Bonchev–Trinajstić information content (AvgIpc) is 3.27. The second-order valence-electron chi connectivity index (χ2n) is 6.39. The summed E-state index contributed by atoms with van der Waals surface area (Å²) in [5, 5.41) is 4.07. The molecule has 0 spiro atoms. The molecule has 0 atom stereocenters. The highest BCUT2D eigenvalue weighted by Gasteiger charge is 2.19. The number of nitrogens with one attached hydrogen (secondary N) is 1. The van der Waals surface area contributed by atoms with Crippen LogP contribution in [0.3, 0.4) is 0 Å². The predicted octanol–water partition coefficient (Wildman–Crippen LogP) is 3.08. The van der Waals surface area contributed by atoms with E-state index in [-0.39, 0.29) is 5.91 Å². The van der Waals surface area contributed by atoms with Crippen molar-refractivity contribution < 1.29 is 19.0 Å². The first-order valence-electron chi connectivity index (χ1n) is 9.14. The Kier molecular flexibility index (Phi) is 6.37. The quantitative estimate of drug-likeness (QED) is 0.588. The summed E-state index contributed by atoms with van der Waals surface area (Å²) < 4.78 is 16.2. The molecule has 2 aromatic carbocycles. The molecule has 0 unspecified atom stereocenters. The molecule has 1 amide bonds. The molecule has 7 nitrogen and oxygen atoms in total. The number of hydrogen-bond acceptors (Lipinski definition) is 6. The van der Waals surface area contributed by atoms with Crippen molar-refractivity contribution in [1.29, 1.82) is 0 Å². The van der Waals surface area contributed by atoms with Crippen molar-refractivity contribution in [2.45, 2.75) is 12.8 Å². The number of hydrogen-bond donors (Lipinski definition) is 1. The van der Waals surface area contributed by atoms with E-state index in [1.807, 2.05) is 12.1 Å². The minimum absolute atomic E-state index is 0.324. The Labute approximate surface area is 164 Å². The van der Waals surface area contributed by atoms with E-state index in [0.717, 1.165) is 24.5 Å². The maximum absolute atomic E-state index is 12.3. The molecule has 0 aromatic heterocycles. The van der Waals surface area contributed by atoms with Gasteiger partial charge in [0.2, 0.25) is 0 Å². The van der Waals surface area contributed by atoms with E-state index in [9.17, 15) is 4.79 Å². The average molecular weight is 383 g/mol. The van der Waals surface area contributed by atoms with E-state index in [2.05, 4.69) is 15.4 Å². The van der Waals surface area contributed by atoms with Crippen LogP contribution >= 0.6 is 0 Å². The first kappa shape index (κ1) is 19.5. The van der Waals surface area contributed by atoms with Gasteiger partial charge in [-0.3, -0.25) is 4.79 Å². The van der Waals surface area contributed by atoms with Crippen molar-refractivity contribution in [1.82, 2.24) is 5.43 Å². The lowest BCUT2D eigenvalue weighted by Gasteiger charge is -2.22. The Bertz CT molecular complexity index is 861. The van der Waals surface area contributed by atoms with Crippen LogP contribution in [0.4, 0.5) is 5.69 Å². The summed E-state index contributed by atoms with van der Waals surface area (Å²) in [6.07, 6.45) is 3.89. The van der Waals surface area contributed by atoms with Crippen LogP contribution in [0.2, 0.25) is 0 Å². The highest BCUT2D eigenvalue weighted by molar-refractivity contribution is 5.95. The number of carbonyl (C=O) groups is 1. The van der Waals surface area contributed by atoms with Crippen LogP contribution in [0.1, 0.15) is 28.8 Å². The standard InChI is InChI=1S/C21H25N3O4/c1-26-17-8-6-7-15(11-17)21(25)23-22-14-16-12-20(28-3)18(13-19(16)27-2)24-9-4-5-10-24/h6-8,11-14H,4-5,9-10H2,1-3H3,(H,23,25)/b22-14-. The Hall–Kier alpha value is -3.22. The lowest BCUT2D eigenvalue weighted by atomic mass is 10.1. The smallest absolute Gasteiger partial charge is 0.271 e. The second kappa shape index (κ2) is 9.12. The zero-order valence-corrected chi connectivity index (χ0v) is 16.4. The third-order valence-electron chi connectivity index (χ3n) is 4.68. The molecule has 1 saturated heterocycles. The molecule has 1 heterocycles. The Morgan fingerprint density at radius 2 is 1.79 bits per heavy atom. The molecule has 0 saturated carbocycles. The minimum atomic E-state index is -0.324. The number of nitrogens with zero attached hydrogens (tertiary/aromatic N) is 2. The molecule has 1 aliphatic rings. The maximum atomic E-state index is 12.3. The molecule has 7 heteroatoms. The number of carbonyl (C=O) groups excluding carboxylic acids is 1. The van der Waals surface area contributed by atoms with Gasteiger partial charge in [0.1, 0.15) is 17.2 Å². The van der Waals surface area contributed by atoms with E-state index < -0.39 is 0 Å². The van der Waals surface area contributed by atoms with E-state index >= 15 is 0 Å². The van der Waals surface area contributed by atoms with E-state index in [1.54, 1.807) is 51.8 Å². The molecule has 1 fully saturated rings. The number of rotatable bonds is 7. The highest BCUT2D eigenvalue weighted by Crippen LogP contribution is 2.36. The van der Waals surface area contributed by atoms with Gasteiger partial charge in [0, 0.05) is 30.3 Å². The summed E-state index contributed by atoms with van der Waals surface area (Å²) in [5.74, 6) is 1.71.